The van der Waals surface area contributed by atoms with Gasteiger partial charge in [-0.25, -0.2) is 8.42 Å². The molecule has 6 nitrogen and oxygen atoms in total. The Morgan fingerprint density at radius 3 is 2.18 bits per heavy atom. The van der Waals surface area contributed by atoms with Crippen LogP contribution in [0.5, 0.6) is 0 Å². The SMILES string of the molecule is O=C(c1cc(S(=O)(=O)Nc2cccc(Cl)c2)c(Cl)cc1Cl)N1CCN(c2ccccc2Cl)CC1. The van der Waals surface area contributed by atoms with Crippen LogP contribution in [0.1, 0.15) is 10.4 Å². The minimum absolute atomic E-state index is 0.0590. The van der Waals surface area contributed by atoms with E-state index in [1.54, 1.807) is 23.1 Å². The Labute approximate surface area is 218 Å². The minimum Gasteiger partial charge on any atom is -0.367 e. The number of halogens is 4. The summed E-state index contributed by atoms with van der Waals surface area (Å²) in [6, 6.07) is 16.3. The summed E-state index contributed by atoms with van der Waals surface area (Å²) in [6.45, 7) is 1.99. The number of para-hydroxylation sites is 1. The number of piperazine rings is 1. The number of benzene rings is 3. The molecule has 1 heterocycles. The lowest BCUT2D eigenvalue weighted by molar-refractivity contribution is 0.0746. The van der Waals surface area contributed by atoms with Gasteiger partial charge in [-0.2, -0.15) is 0 Å². The highest BCUT2D eigenvalue weighted by Gasteiger charge is 2.28. The molecule has 4 rings (SSSR count). The monoisotopic (exact) mass is 557 g/mol. The Kier molecular flexibility index (Phi) is 7.50. The highest BCUT2D eigenvalue weighted by Crippen LogP contribution is 2.32. The molecule has 1 saturated heterocycles. The summed E-state index contributed by atoms with van der Waals surface area (Å²) in [7, 11) is -4.11. The van der Waals surface area contributed by atoms with Crippen LogP contribution in [0.4, 0.5) is 11.4 Å². The fourth-order valence-corrected chi connectivity index (χ4v) is 6.04. The molecule has 0 spiro atoms. The molecule has 3 aromatic rings. The molecule has 1 aliphatic rings. The summed E-state index contributed by atoms with van der Waals surface area (Å²) in [5.41, 5.74) is 1.23. The van der Waals surface area contributed by atoms with E-state index in [-0.39, 0.29) is 32.1 Å². The molecule has 0 unspecified atom stereocenters. The van der Waals surface area contributed by atoms with Crippen LogP contribution >= 0.6 is 46.4 Å². The summed E-state index contributed by atoms with van der Waals surface area (Å²) in [5.74, 6) is -0.375. The third-order valence-corrected chi connectivity index (χ3v) is 8.09. The van der Waals surface area contributed by atoms with Crippen molar-refractivity contribution >= 4 is 73.7 Å². The first-order chi connectivity index (χ1) is 16.2. The van der Waals surface area contributed by atoms with Crippen LogP contribution in [-0.2, 0) is 10.0 Å². The number of sulfonamides is 1. The zero-order valence-corrected chi connectivity index (χ0v) is 21.5. The van der Waals surface area contributed by atoms with Gasteiger partial charge in [-0.05, 0) is 42.5 Å². The maximum absolute atomic E-state index is 13.2. The quantitative estimate of drug-likeness (QED) is 0.413. The van der Waals surface area contributed by atoms with Gasteiger partial charge in [-0.1, -0.05) is 64.6 Å². The van der Waals surface area contributed by atoms with Crippen molar-refractivity contribution in [1.82, 2.24) is 4.90 Å². The van der Waals surface area contributed by atoms with Crippen molar-refractivity contribution in [3.63, 3.8) is 0 Å². The Morgan fingerprint density at radius 1 is 0.794 bits per heavy atom. The van der Waals surface area contributed by atoms with Gasteiger partial charge in [0.2, 0.25) is 0 Å². The molecule has 0 atom stereocenters. The van der Waals surface area contributed by atoms with E-state index < -0.39 is 10.0 Å². The van der Waals surface area contributed by atoms with Crippen molar-refractivity contribution in [3.8, 4) is 0 Å². The maximum Gasteiger partial charge on any atom is 0.263 e. The van der Waals surface area contributed by atoms with Gasteiger partial charge in [-0.15, -0.1) is 0 Å². The third-order valence-electron chi connectivity index (χ3n) is 5.38. The van der Waals surface area contributed by atoms with Gasteiger partial charge in [0.05, 0.1) is 32.0 Å². The molecule has 178 valence electrons. The first-order valence-electron chi connectivity index (χ1n) is 10.2. The molecule has 0 aliphatic carbocycles. The molecule has 11 heteroatoms. The summed E-state index contributed by atoms with van der Waals surface area (Å²) in [5, 5.41) is 0.990. The fourth-order valence-electron chi connectivity index (χ4n) is 3.69. The Hall–Kier alpha value is -2.16. The highest BCUT2D eigenvalue weighted by molar-refractivity contribution is 7.92. The molecule has 3 aromatic carbocycles. The highest BCUT2D eigenvalue weighted by atomic mass is 35.5. The zero-order valence-electron chi connectivity index (χ0n) is 17.6. The second-order valence-corrected chi connectivity index (χ2v) is 10.9. The van der Waals surface area contributed by atoms with Gasteiger partial charge in [0.15, 0.2) is 0 Å². The van der Waals surface area contributed by atoms with Crippen molar-refractivity contribution < 1.29 is 13.2 Å². The molecular formula is C23H19Cl4N3O3S. The van der Waals surface area contributed by atoms with Gasteiger partial charge in [0, 0.05) is 31.2 Å². The van der Waals surface area contributed by atoms with Crippen molar-refractivity contribution in [3.05, 3.63) is 86.3 Å². The van der Waals surface area contributed by atoms with Crippen molar-refractivity contribution in [2.45, 2.75) is 4.90 Å². The van der Waals surface area contributed by atoms with Gasteiger partial charge >= 0.3 is 0 Å². The van der Waals surface area contributed by atoms with Gasteiger partial charge in [-0.3, -0.25) is 9.52 Å². The number of hydrogen-bond acceptors (Lipinski definition) is 4. The zero-order chi connectivity index (χ0) is 24.5. The minimum atomic E-state index is -4.11. The molecule has 0 saturated carbocycles. The second-order valence-electron chi connectivity index (χ2n) is 7.61. The topological polar surface area (TPSA) is 69.7 Å². The average molecular weight is 559 g/mol. The van der Waals surface area contributed by atoms with Gasteiger partial charge < -0.3 is 9.80 Å². The van der Waals surface area contributed by atoms with Crippen LogP contribution in [0.15, 0.2) is 65.6 Å². The standard InChI is InChI=1S/C23H19Cl4N3O3S/c24-15-4-3-5-16(12-15)28-34(32,33)22-13-17(19(26)14-20(22)27)23(31)30-10-8-29(9-11-30)21-7-2-1-6-18(21)25/h1-7,12-14,28H,8-11H2. The number of amides is 1. The van der Waals surface area contributed by atoms with E-state index in [2.05, 4.69) is 9.62 Å². The molecule has 0 radical (unpaired) electrons. The van der Waals surface area contributed by atoms with Crippen molar-refractivity contribution in [1.29, 1.82) is 0 Å². The molecule has 1 fully saturated rings. The molecule has 1 N–H and O–H groups in total. The van der Waals surface area contributed by atoms with E-state index in [1.165, 1.54) is 18.2 Å². The van der Waals surface area contributed by atoms with Crippen LogP contribution in [0.2, 0.25) is 20.1 Å². The number of carbonyl (C=O) groups excluding carboxylic acids is 1. The van der Waals surface area contributed by atoms with Crippen LogP contribution < -0.4 is 9.62 Å². The van der Waals surface area contributed by atoms with E-state index in [0.717, 1.165) is 5.69 Å². The number of nitrogens with zero attached hydrogens (tertiary/aromatic N) is 2. The summed E-state index contributed by atoms with van der Waals surface area (Å²) in [4.78, 5) is 16.7. The number of nitrogens with one attached hydrogen (secondary N) is 1. The number of anilines is 2. The van der Waals surface area contributed by atoms with Crippen LogP contribution in [0.25, 0.3) is 0 Å². The van der Waals surface area contributed by atoms with E-state index in [0.29, 0.717) is 36.2 Å². The van der Waals surface area contributed by atoms with Gasteiger partial charge in [0.1, 0.15) is 4.90 Å². The smallest absolute Gasteiger partial charge is 0.263 e. The predicted octanol–water partition coefficient (Wildman–Crippen LogP) is 6.06. The van der Waals surface area contributed by atoms with Crippen molar-refractivity contribution in [2.24, 2.45) is 0 Å². The van der Waals surface area contributed by atoms with E-state index >= 15 is 0 Å². The first kappa shape index (κ1) is 24.9. The van der Waals surface area contributed by atoms with E-state index in [9.17, 15) is 13.2 Å². The number of rotatable bonds is 5. The molecule has 34 heavy (non-hydrogen) atoms. The lowest BCUT2D eigenvalue weighted by Gasteiger charge is -2.36. The molecule has 0 bridgehead atoms. The fraction of sp³-hybridized carbons (Fsp3) is 0.174. The summed E-state index contributed by atoms with van der Waals surface area (Å²) < 4.78 is 28.4. The third kappa shape index (κ3) is 5.39. The van der Waals surface area contributed by atoms with E-state index in [4.69, 9.17) is 46.4 Å². The average Bonchev–Trinajstić information content (AvgIpc) is 2.79. The van der Waals surface area contributed by atoms with E-state index in [1.807, 2.05) is 24.3 Å². The largest absolute Gasteiger partial charge is 0.367 e. The van der Waals surface area contributed by atoms with Gasteiger partial charge in [0.25, 0.3) is 15.9 Å². The molecule has 1 amide bonds. The normalized spacial score (nSPS) is 14.2. The lowest BCUT2D eigenvalue weighted by Crippen LogP contribution is -2.49. The van der Waals surface area contributed by atoms with Crippen LogP contribution in [-0.4, -0.2) is 45.4 Å². The number of hydrogen-bond donors (Lipinski definition) is 1. The molecule has 1 aliphatic heterocycles. The number of carbonyl (C=O) groups is 1. The lowest BCUT2D eigenvalue weighted by atomic mass is 10.1. The molecular weight excluding hydrogens is 540 g/mol. The van der Waals surface area contributed by atoms with Crippen LogP contribution in [0.3, 0.4) is 0 Å². The summed E-state index contributed by atoms with van der Waals surface area (Å²) >= 11 is 24.7. The Bertz CT molecular complexity index is 1340. The summed E-state index contributed by atoms with van der Waals surface area (Å²) in [6.07, 6.45) is 0. The van der Waals surface area contributed by atoms with Crippen LogP contribution in [0, 0.1) is 0 Å². The Balaban J connectivity index is 1.55. The second kappa shape index (κ2) is 10.2. The van der Waals surface area contributed by atoms with Crippen molar-refractivity contribution in [2.75, 3.05) is 35.8 Å². The first-order valence-corrected chi connectivity index (χ1v) is 13.2. The molecule has 0 aromatic heterocycles. The Morgan fingerprint density at radius 2 is 1.50 bits per heavy atom. The maximum atomic E-state index is 13.2. The predicted molar refractivity (Wildman–Crippen MR) is 138 cm³/mol.